The number of amides is 1. The lowest BCUT2D eigenvalue weighted by Gasteiger charge is -2.21. The standard InChI is InChI=1S/C22H24N4O4/c1-14(17-10-22(28)24-11-17)30-21-9-16(8-20-19(21)4-3-5-23-20)18-12-25-26(13-18)6-7-29-15(2)27/h3-5,8-9,12-14,17H,6-7,10-11H2,1-2H3,(H,24,28)/t14-,17-/m1/s1. The predicted molar refractivity (Wildman–Crippen MR) is 111 cm³/mol. The first-order valence-corrected chi connectivity index (χ1v) is 9.98. The van der Waals surface area contributed by atoms with Gasteiger partial charge in [-0.1, -0.05) is 0 Å². The summed E-state index contributed by atoms with van der Waals surface area (Å²) in [5, 5.41) is 8.14. The van der Waals surface area contributed by atoms with E-state index < -0.39 is 0 Å². The van der Waals surface area contributed by atoms with Crippen molar-refractivity contribution in [2.45, 2.75) is 32.9 Å². The number of hydrogen-bond donors (Lipinski definition) is 1. The van der Waals surface area contributed by atoms with Crippen molar-refractivity contribution >= 4 is 22.8 Å². The van der Waals surface area contributed by atoms with Crippen LogP contribution in [0, 0.1) is 5.92 Å². The van der Waals surface area contributed by atoms with Crippen molar-refractivity contribution in [1.82, 2.24) is 20.1 Å². The third-order valence-electron chi connectivity index (χ3n) is 5.26. The Labute approximate surface area is 174 Å². The maximum Gasteiger partial charge on any atom is 0.302 e. The van der Waals surface area contributed by atoms with Crippen LogP contribution in [0.2, 0.25) is 0 Å². The van der Waals surface area contributed by atoms with Crippen molar-refractivity contribution in [3.63, 3.8) is 0 Å². The molecule has 1 aliphatic heterocycles. The van der Waals surface area contributed by atoms with Gasteiger partial charge in [-0.3, -0.25) is 19.3 Å². The van der Waals surface area contributed by atoms with Crippen LogP contribution in [0.25, 0.3) is 22.0 Å². The molecule has 1 amide bonds. The number of rotatable bonds is 7. The van der Waals surface area contributed by atoms with E-state index in [1.807, 2.05) is 37.4 Å². The Kier molecular flexibility index (Phi) is 5.65. The summed E-state index contributed by atoms with van der Waals surface area (Å²) in [7, 11) is 0. The van der Waals surface area contributed by atoms with E-state index >= 15 is 0 Å². The summed E-state index contributed by atoms with van der Waals surface area (Å²) in [6, 6.07) is 7.85. The molecule has 1 saturated heterocycles. The van der Waals surface area contributed by atoms with Gasteiger partial charge >= 0.3 is 5.97 Å². The number of nitrogens with one attached hydrogen (secondary N) is 1. The van der Waals surface area contributed by atoms with Crippen LogP contribution in [0.15, 0.2) is 42.9 Å². The fourth-order valence-corrected chi connectivity index (χ4v) is 3.59. The Hall–Kier alpha value is -3.42. The molecule has 1 aromatic carbocycles. The molecule has 2 atom stereocenters. The van der Waals surface area contributed by atoms with Gasteiger partial charge in [0.1, 0.15) is 18.5 Å². The Morgan fingerprint density at radius 1 is 1.37 bits per heavy atom. The molecule has 3 aromatic rings. The third kappa shape index (κ3) is 4.42. The number of pyridine rings is 1. The number of aromatic nitrogens is 3. The Morgan fingerprint density at radius 2 is 2.23 bits per heavy atom. The Balaban J connectivity index is 1.59. The first-order chi connectivity index (χ1) is 14.5. The smallest absolute Gasteiger partial charge is 0.302 e. The second-order valence-electron chi connectivity index (χ2n) is 7.47. The number of fused-ring (bicyclic) bond motifs is 1. The molecule has 0 bridgehead atoms. The van der Waals surface area contributed by atoms with Gasteiger partial charge in [-0.05, 0) is 36.8 Å². The zero-order valence-corrected chi connectivity index (χ0v) is 17.0. The van der Waals surface area contributed by atoms with E-state index in [9.17, 15) is 9.59 Å². The lowest BCUT2D eigenvalue weighted by molar-refractivity contribution is -0.141. The summed E-state index contributed by atoms with van der Waals surface area (Å²) in [5.74, 6) is 0.627. The SMILES string of the molecule is CC(=O)OCCn1cc(-c2cc(O[C@H](C)[C@H]3CNC(=O)C3)c3cccnc3c2)cn1. The lowest BCUT2D eigenvalue weighted by atomic mass is 10.0. The van der Waals surface area contributed by atoms with Crippen molar-refractivity contribution in [3.05, 3.63) is 42.9 Å². The highest BCUT2D eigenvalue weighted by atomic mass is 16.5. The molecule has 0 spiro atoms. The highest BCUT2D eigenvalue weighted by Crippen LogP contribution is 2.33. The fourth-order valence-electron chi connectivity index (χ4n) is 3.59. The molecule has 8 nitrogen and oxygen atoms in total. The highest BCUT2D eigenvalue weighted by Gasteiger charge is 2.28. The van der Waals surface area contributed by atoms with Crippen LogP contribution in [0.3, 0.4) is 0 Å². The molecule has 0 aliphatic carbocycles. The van der Waals surface area contributed by atoms with E-state index in [1.165, 1.54) is 6.92 Å². The molecule has 8 heteroatoms. The van der Waals surface area contributed by atoms with E-state index in [4.69, 9.17) is 9.47 Å². The van der Waals surface area contributed by atoms with Crippen LogP contribution in [0.1, 0.15) is 20.3 Å². The number of ether oxygens (including phenoxy) is 2. The van der Waals surface area contributed by atoms with Crippen LogP contribution >= 0.6 is 0 Å². The van der Waals surface area contributed by atoms with E-state index in [1.54, 1.807) is 17.1 Å². The van der Waals surface area contributed by atoms with Crippen LogP contribution in [0.5, 0.6) is 5.75 Å². The largest absolute Gasteiger partial charge is 0.490 e. The van der Waals surface area contributed by atoms with E-state index in [0.29, 0.717) is 19.5 Å². The van der Waals surface area contributed by atoms with Crippen LogP contribution < -0.4 is 10.1 Å². The van der Waals surface area contributed by atoms with Crippen LogP contribution in [0.4, 0.5) is 0 Å². The summed E-state index contributed by atoms with van der Waals surface area (Å²) in [6.45, 7) is 4.76. The zero-order chi connectivity index (χ0) is 21.1. The lowest BCUT2D eigenvalue weighted by Crippen LogP contribution is -2.25. The van der Waals surface area contributed by atoms with Crippen molar-refractivity contribution in [3.8, 4) is 16.9 Å². The first kappa shape index (κ1) is 19.9. The minimum atomic E-state index is -0.307. The van der Waals surface area contributed by atoms with Gasteiger partial charge in [0.25, 0.3) is 0 Å². The van der Waals surface area contributed by atoms with Crippen molar-refractivity contribution in [1.29, 1.82) is 0 Å². The normalized spacial score (nSPS) is 17.0. The van der Waals surface area contributed by atoms with Gasteiger partial charge in [0.15, 0.2) is 0 Å². The van der Waals surface area contributed by atoms with Crippen LogP contribution in [-0.2, 0) is 20.9 Å². The van der Waals surface area contributed by atoms with Gasteiger partial charge in [-0.25, -0.2) is 0 Å². The minimum Gasteiger partial charge on any atom is -0.490 e. The summed E-state index contributed by atoms with van der Waals surface area (Å²) < 4.78 is 13.0. The molecule has 2 aromatic heterocycles. The zero-order valence-electron chi connectivity index (χ0n) is 17.0. The van der Waals surface area contributed by atoms with Crippen molar-refractivity contribution in [2.24, 2.45) is 5.92 Å². The number of carbonyl (C=O) groups is 2. The van der Waals surface area contributed by atoms with E-state index in [2.05, 4.69) is 15.4 Å². The molecule has 1 fully saturated rings. The molecule has 4 rings (SSSR count). The average Bonchev–Trinajstić information content (AvgIpc) is 3.37. The highest BCUT2D eigenvalue weighted by molar-refractivity contribution is 5.90. The molecular weight excluding hydrogens is 384 g/mol. The molecule has 3 heterocycles. The summed E-state index contributed by atoms with van der Waals surface area (Å²) in [5.41, 5.74) is 2.67. The summed E-state index contributed by atoms with van der Waals surface area (Å²) in [4.78, 5) is 27.0. The Morgan fingerprint density at radius 3 is 3.00 bits per heavy atom. The Bertz CT molecular complexity index is 1080. The number of carbonyl (C=O) groups excluding carboxylic acids is 2. The third-order valence-corrected chi connectivity index (χ3v) is 5.26. The maximum atomic E-state index is 11.6. The molecule has 1 aliphatic rings. The molecule has 156 valence electrons. The van der Waals surface area contributed by atoms with Gasteiger partial charge in [0.2, 0.25) is 5.91 Å². The van der Waals surface area contributed by atoms with Gasteiger partial charge in [-0.15, -0.1) is 0 Å². The number of hydrogen-bond acceptors (Lipinski definition) is 6. The second kappa shape index (κ2) is 8.52. The van der Waals surface area contributed by atoms with E-state index in [0.717, 1.165) is 27.8 Å². The minimum absolute atomic E-state index is 0.0666. The summed E-state index contributed by atoms with van der Waals surface area (Å²) in [6.07, 6.45) is 5.78. The molecule has 0 saturated carbocycles. The van der Waals surface area contributed by atoms with Gasteiger partial charge in [-0.2, -0.15) is 5.10 Å². The molecule has 0 unspecified atom stereocenters. The molecular formula is C22H24N4O4. The molecule has 30 heavy (non-hydrogen) atoms. The molecule has 0 radical (unpaired) electrons. The van der Waals surface area contributed by atoms with Gasteiger partial charge < -0.3 is 14.8 Å². The van der Waals surface area contributed by atoms with Crippen molar-refractivity contribution in [2.75, 3.05) is 13.2 Å². The summed E-state index contributed by atoms with van der Waals surface area (Å²) >= 11 is 0. The quantitative estimate of drug-likeness (QED) is 0.604. The maximum absolute atomic E-state index is 11.6. The topological polar surface area (TPSA) is 95.3 Å². The molecule has 1 N–H and O–H groups in total. The van der Waals surface area contributed by atoms with Gasteiger partial charge in [0.05, 0.1) is 18.3 Å². The van der Waals surface area contributed by atoms with Crippen LogP contribution in [-0.4, -0.2) is 45.9 Å². The number of nitrogens with zero attached hydrogens (tertiary/aromatic N) is 3. The van der Waals surface area contributed by atoms with Gasteiger partial charge in [0, 0.05) is 49.2 Å². The number of benzene rings is 1. The monoisotopic (exact) mass is 408 g/mol. The first-order valence-electron chi connectivity index (χ1n) is 9.98. The van der Waals surface area contributed by atoms with Crippen molar-refractivity contribution < 1.29 is 19.1 Å². The fraction of sp³-hybridized carbons (Fsp3) is 0.364. The van der Waals surface area contributed by atoms with E-state index in [-0.39, 0.29) is 30.5 Å². The predicted octanol–water partition coefficient (Wildman–Crippen LogP) is 2.56. The number of esters is 1. The second-order valence-corrected chi connectivity index (χ2v) is 7.47. The average molecular weight is 408 g/mol.